The van der Waals surface area contributed by atoms with Crippen LogP contribution in [0.2, 0.25) is 0 Å². The number of aromatic hydroxyl groups is 1. The first-order valence-electron chi connectivity index (χ1n) is 11.2. The van der Waals surface area contributed by atoms with E-state index in [-0.39, 0.29) is 18.3 Å². The second kappa shape index (κ2) is 10.8. The SMILES string of the molecule is COC(=O)COc1cc(C)c(Cc2cc(C#Cc3ccc(N)cc3)c(O)c(C(C)C)c2)c(C)c1. The molecule has 0 spiro atoms. The first-order chi connectivity index (χ1) is 16.2. The van der Waals surface area contributed by atoms with Crippen molar-refractivity contribution in [3.8, 4) is 23.3 Å². The summed E-state index contributed by atoms with van der Waals surface area (Å²) in [5.41, 5.74) is 13.1. The predicted molar refractivity (Wildman–Crippen MR) is 135 cm³/mol. The average molecular weight is 458 g/mol. The molecule has 0 heterocycles. The monoisotopic (exact) mass is 457 g/mol. The van der Waals surface area contributed by atoms with E-state index >= 15 is 0 Å². The first kappa shape index (κ1) is 24.7. The Bertz CT molecular complexity index is 1220. The van der Waals surface area contributed by atoms with Gasteiger partial charge < -0.3 is 20.3 Å². The fourth-order valence-corrected chi connectivity index (χ4v) is 3.78. The Morgan fingerprint density at radius 3 is 2.26 bits per heavy atom. The van der Waals surface area contributed by atoms with Crippen LogP contribution in [0.4, 0.5) is 5.69 Å². The van der Waals surface area contributed by atoms with Gasteiger partial charge in [0, 0.05) is 11.3 Å². The average Bonchev–Trinajstić information content (AvgIpc) is 2.80. The molecule has 5 heteroatoms. The molecule has 0 radical (unpaired) electrons. The molecule has 0 amide bonds. The molecule has 3 aromatic carbocycles. The van der Waals surface area contributed by atoms with Gasteiger partial charge in [-0.05, 0) is 96.5 Å². The van der Waals surface area contributed by atoms with E-state index in [0.29, 0.717) is 23.4 Å². The number of esters is 1. The molecular weight excluding hydrogens is 426 g/mol. The largest absolute Gasteiger partial charge is 0.506 e. The van der Waals surface area contributed by atoms with Crippen LogP contribution < -0.4 is 10.5 Å². The lowest BCUT2D eigenvalue weighted by atomic mass is 9.91. The molecule has 34 heavy (non-hydrogen) atoms. The number of rotatable bonds is 6. The second-order valence-corrected chi connectivity index (χ2v) is 8.69. The summed E-state index contributed by atoms with van der Waals surface area (Å²) in [5, 5.41) is 10.9. The number of carbonyl (C=O) groups excluding carboxylic acids is 1. The molecule has 0 atom stereocenters. The number of nitrogen functional groups attached to an aromatic ring is 1. The third kappa shape index (κ3) is 6.11. The maximum Gasteiger partial charge on any atom is 0.343 e. The highest BCUT2D eigenvalue weighted by molar-refractivity contribution is 5.71. The molecular formula is C29H31NO4. The molecule has 0 aliphatic carbocycles. The summed E-state index contributed by atoms with van der Waals surface area (Å²) in [5.74, 6) is 6.84. The number of phenolic OH excluding ortho intramolecular Hbond substituents is 1. The number of nitrogens with two attached hydrogens (primary N) is 1. The van der Waals surface area contributed by atoms with Crippen molar-refractivity contribution in [1.82, 2.24) is 0 Å². The van der Waals surface area contributed by atoms with Crippen molar-refractivity contribution in [2.45, 2.75) is 40.0 Å². The molecule has 0 fully saturated rings. The third-order valence-corrected chi connectivity index (χ3v) is 5.71. The van der Waals surface area contributed by atoms with Crippen LogP contribution in [0.25, 0.3) is 0 Å². The Morgan fingerprint density at radius 2 is 1.68 bits per heavy atom. The minimum Gasteiger partial charge on any atom is -0.506 e. The van der Waals surface area contributed by atoms with Gasteiger partial charge in [0.25, 0.3) is 0 Å². The van der Waals surface area contributed by atoms with Gasteiger partial charge in [-0.25, -0.2) is 4.79 Å². The van der Waals surface area contributed by atoms with E-state index in [0.717, 1.165) is 27.8 Å². The summed E-state index contributed by atoms with van der Waals surface area (Å²) in [4.78, 5) is 11.4. The van der Waals surface area contributed by atoms with E-state index < -0.39 is 5.97 Å². The van der Waals surface area contributed by atoms with Crippen molar-refractivity contribution in [2.75, 3.05) is 19.5 Å². The van der Waals surface area contributed by atoms with Crippen molar-refractivity contribution in [2.24, 2.45) is 0 Å². The normalized spacial score (nSPS) is 10.5. The fourth-order valence-electron chi connectivity index (χ4n) is 3.78. The molecule has 0 saturated carbocycles. The highest BCUT2D eigenvalue weighted by atomic mass is 16.6. The van der Waals surface area contributed by atoms with E-state index in [9.17, 15) is 9.90 Å². The van der Waals surface area contributed by atoms with E-state index in [4.69, 9.17) is 10.5 Å². The molecule has 5 nitrogen and oxygen atoms in total. The molecule has 3 rings (SSSR count). The molecule has 176 valence electrons. The Kier molecular flexibility index (Phi) is 7.86. The van der Waals surface area contributed by atoms with Crippen LogP contribution in [0.5, 0.6) is 11.5 Å². The summed E-state index contributed by atoms with van der Waals surface area (Å²) >= 11 is 0. The molecule has 0 aliphatic rings. The quantitative estimate of drug-likeness (QED) is 0.300. The molecule has 0 saturated heterocycles. The summed E-state index contributed by atoms with van der Waals surface area (Å²) in [7, 11) is 1.34. The van der Waals surface area contributed by atoms with E-state index in [1.54, 1.807) is 0 Å². The van der Waals surface area contributed by atoms with Crippen LogP contribution in [-0.2, 0) is 16.0 Å². The van der Waals surface area contributed by atoms with Gasteiger partial charge in [-0.2, -0.15) is 0 Å². The molecule has 0 unspecified atom stereocenters. The Morgan fingerprint density at radius 1 is 1.03 bits per heavy atom. The van der Waals surface area contributed by atoms with Gasteiger partial charge >= 0.3 is 5.97 Å². The summed E-state index contributed by atoms with van der Waals surface area (Å²) in [6.07, 6.45) is 0.686. The standard InChI is InChI=1S/C29H31NO4/c1-18(2)26-15-22(14-23(29(26)32)9-6-21-7-10-24(30)11-8-21)16-27-19(3)12-25(13-20(27)4)34-17-28(31)33-5/h7-8,10-15,18,32H,16-17,30H2,1-5H3. The minimum atomic E-state index is -0.419. The zero-order chi connectivity index (χ0) is 24.8. The lowest BCUT2D eigenvalue weighted by Gasteiger charge is -2.16. The van der Waals surface area contributed by atoms with Gasteiger partial charge in [0.05, 0.1) is 12.7 Å². The highest BCUT2D eigenvalue weighted by Gasteiger charge is 2.14. The summed E-state index contributed by atoms with van der Waals surface area (Å²) in [6.45, 7) is 8.04. The van der Waals surface area contributed by atoms with E-state index in [1.807, 2.05) is 56.3 Å². The van der Waals surface area contributed by atoms with Crippen LogP contribution in [0.15, 0.2) is 48.5 Å². The summed E-state index contributed by atoms with van der Waals surface area (Å²) in [6, 6.07) is 15.2. The van der Waals surface area contributed by atoms with Crippen LogP contribution in [0.3, 0.4) is 0 Å². The van der Waals surface area contributed by atoms with Gasteiger partial charge in [0.2, 0.25) is 0 Å². The maximum atomic E-state index is 11.4. The highest BCUT2D eigenvalue weighted by Crippen LogP contribution is 2.32. The van der Waals surface area contributed by atoms with Crippen molar-refractivity contribution < 1.29 is 19.4 Å². The predicted octanol–water partition coefficient (Wildman–Crippen LogP) is 5.26. The molecule has 0 bridgehead atoms. The van der Waals surface area contributed by atoms with E-state index in [1.165, 1.54) is 12.7 Å². The summed E-state index contributed by atoms with van der Waals surface area (Å²) < 4.78 is 10.2. The number of ether oxygens (including phenoxy) is 2. The molecule has 0 aliphatic heterocycles. The molecule has 3 aromatic rings. The van der Waals surface area contributed by atoms with Crippen LogP contribution in [0, 0.1) is 25.7 Å². The van der Waals surface area contributed by atoms with Crippen molar-refractivity contribution in [3.63, 3.8) is 0 Å². The number of phenols is 1. The lowest BCUT2D eigenvalue weighted by molar-refractivity contribution is -0.142. The topological polar surface area (TPSA) is 81.8 Å². The number of aryl methyl sites for hydroxylation is 2. The number of methoxy groups -OCH3 is 1. The van der Waals surface area contributed by atoms with Crippen LogP contribution >= 0.6 is 0 Å². The Hall–Kier alpha value is -3.91. The van der Waals surface area contributed by atoms with Gasteiger partial charge in [-0.15, -0.1) is 0 Å². The fraction of sp³-hybridized carbons (Fsp3) is 0.276. The Balaban J connectivity index is 1.94. The van der Waals surface area contributed by atoms with Gasteiger partial charge in [0.15, 0.2) is 6.61 Å². The molecule has 0 aromatic heterocycles. The Labute approximate surface area is 201 Å². The lowest BCUT2D eigenvalue weighted by Crippen LogP contribution is -2.13. The number of benzene rings is 3. The number of carbonyl (C=O) groups is 1. The van der Waals surface area contributed by atoms with Gasteiger partial charge in [0.1, 0.15) is 11.5 Å². The van der Waals surface area contributed by atoms with Crippen molar-refractivity contribution in [3.05, 3.63) is 87.5 Å². The van der Waals surface area contributed by atoms with Gasteiger partial charge in [-0.1, -0.05) is 31.8 Å². The zero-order valence-corrected chi connectivity index (χ0v) is 20.4. The third-order valence-electron chi connectivity index (χ3n) is 5.71. The first-order valence-corrected chi connectivity index (χ1v) is 11.2. The number of anilines is 1. The van der Waals surface area contributed by atoms with Gasteiger partial charge in [-0.3, -0.25) is 0 Å². The van der Waals surface area contributed by atoms with Crippen LogP contribution in [-0.4, -0.2) is 24.8 Å². The number of hydrogen-bond donors (Lipinski definition) is 2. The van der Waals surface area contributed by atoms with Crippen molar-refractivity contribution in [1.29, 1.82) is 0 Å². The minimum absolute atomic E-state index is 0.125. The second-order valence-electron chi connectivity index (χ2n) is 8.69. The zero-order valence-electron chi connectivity index (χ0n) is 20.4. The van der Waals surface area contributed by atoms with Crippen LogP contribution in [0.1, 0.15) is 58.7 Å². The maximum absolute atomic E-state index is 11.4. The van der Waals surface area contributed by atoms with E-state index in [2.05, 4.69) is 36.5 Å². The molecule has 3 N–H and O–H groups in total. The number of hydrogen-bond acceptors (Lipinski definition) is 5. The smallest absolute Gasteiger partial charge is 0.343 e. The van der Waals surface area contributed by atoms with Crippen molar-refractivity contribution >= 4 is 11.7 Å².